The number of hydrogen-bond donors (Lipinski definition) is 1. The van der Waals surface area contributed by atoms with E-state index in [9.17, 15) is 9.59 Å². The van der Waals surface area contributed by atoms with E-state index in [2.05, 4.69) is 17.2 Å². The molecule has 3 rings (SSSR count). The second-order valence-corrected chi connectivity index (χ2v) is 7.72. The number of carbonyl (C=O) groups excluding carboxylic acids is 2. The van der Waals surface area contributed by atoms with Crippen molar-refractivity contribution < 1.29 is 9.59 Å². The topological polar surface area (TPSA) is 62.3 Å². The lowest BCUT2D eigenvalue weighted by Gasteiger charge is -2.36. The summed E-state index contributed by atoms with van der Waals surface area (Å²) in [6.07, 6.45) is 6.42. The van der Waals surface area contributed by atoms with Crippen molar-refractivity contribution in [1.29, 1.82) is 0 Å². The summed E-state index contributed by atoms with van der Waals surface area (Å²) in [7, 11) is 0. The maximum absolute atomic E-state index is 12.8. The lowest BCUT2D eigenvalue weighted by atomic mass is 9.83. The molecular weight excluding hydrogens is 310 g/mol. The third-order valence-corrected chi connectivity index (χ3v) is 5.96. The minimum atomic E-state index is -0.0971. The molecule has 0 radical (unpaired) electrons. The second-order valence-electron chi connectivity index (χ2n) is 6.51. The Morgan fingerprint density at radius 2 is 2.13 bits per heavy atom. The lowest BCUT2D eigenvalue weighted by molar-refractivity contribution is -0.133. The Kier molecular flexibility index (Phi) is 4.99. The molecule has 1 saturated heterocycles. The highest BCUT2D eigenvalue weighted by molar-refractivity contribution is 7.15. The van der Waals surface area contributed by atoms with E-state index < -0.39 is 0 Å². The fourth-order valence-electron chi connectivity index (χ4n) is 3.82. The minimum Gasteiger partial charge on any atom is -0.339 e. The van der Waals surface area contributed by atoms with Gasteiger partial charge in [0.25, 0.3) is 0 Å². The summed E-state index contributed by atoms with van der Waals surface area (Å²) in [6, 6.07) is 0.0745. The van der Waals surface area contributed by atoms with Crippen LogP contribution in [0.2, 0.25) is 0 Å². The highest BCUT2D eigenvalue weighted by Crippen LogP contribution is 2.32. The Morgan fingerprint density at radius 3 is 2.78 bits per heavy atom. The van der Waals surface area contributed by atoms with Crippen molar-refractivity contribution in [2.45, 2.75) is 64.8 Å². The van der Waals surface area contributed by atoms with Crippen LogP contribution in [0.3, 0.4) is 0 Å². The molecule has 1 aromatic heterocycles. The number of amides is 2. The molecule has 5 nitrogen and oxygen atoms in total. The van der Waals surface area contributed by atoms with Gasteiger partial charge >= 0.3 is 0 Å². The van der Waals surface area contributed by atoms with Crippen molar-refractivity contribution in [2.24, 2.45) is 5.92 Å². The van der Waals surface area contributed by atoms with Gasteiger partial charge in [-0.1, -0.05) is 19.8 Å². The molecule has 1 saturated carbocycles. The first kappa shape index (κ1) is 16.4. The molecule has 0 aromatic carbocycles. The van der Waals surface area contributed by atoms with Crippen LogP contribution in [0.15, 0.2) is 0 Å². The van der Waals surface area contributed by atoms with Gasteiger partial charge in [-0.15, -0.1) is 11.3 Å². The smallest absolute Gasteiger partial charge is 0.231 e. The Labute approximate surface area is 141 Å². The summed E-state index contributed by atoms with van der Waals surface area (Å²) in [5, 5.41) is 3.70. The maximum atomic E-state index is 12.8. The van der Waals surface area contributed by atoms with E-state index in [0.29, 0.717) is 11.6 Å². The highest BCUT2D eigenvalue weighted by Gasteiger charge is 2.38. The van der Waals surface area contributed by atoms with Crippen LogP contribution in [0.5, 0.6) is 0 Å². The van der Waals surface area contributed by atoms with E-state index in [1.165, 1.54) is 0 Å². The molecule has 1 aromatic rings. The summed E-state index contributed by atoms with van der Waals surface area (Å²) in [5.74, 6) is 0.152. The van der Waals surface area contributed by atoms with Crippen LogP contribution < -0.4 is 5.32 Å². The third kappa shape index (κ3) is 3.42. The van der Waals surface area contributed by atoms with E-state index in [0.717, 1.165) is 55.6 Å². The third-order valence-electron chi connectivity index (χ3n) is 5.03. The zero-order valence-corrected chi connectivity index (χ0v) is 14.7. The van der Waals surface area contributed by atoms with Crippen molar-refractivity contribution in [3.63, 3.8) is 0 Å². The number of hydrogen-bond acceptors (Lipinski definition) is 4. The number of nitrogens with zero attached hydrogens (tertiary/aromatic N) is 2. The fraction of sp³-hybridized carbons (Fsp3) is 0.706. The molecule has 2 fully saturated rings. The van der Waals surface area contributed by atoms with E-state index in [4.69, 9.17) is 0 Å². The summed E-state index contributed by atoms with van der Waals surface area (Å²) in [4.78, 5) is 32.5. The number of rotatable bonds is 4. The van der Waals surface area contributed by atoms with Gasteiger partial charge in [0.15, 0.2) is 5.13 Å². The maximum Gasteiger partial charge on any atom is 0.231 e. The van der Waals surface area contributed by atoms with Gasteiger partial charge in [0.2, 0.25) is 11.8 Å². The summed E-state index contributed by atoms with van der Waals surface area (Å²) in [5.41, 5.74) is 1.06. The molecule has 0 bridgehead atoms. The summed E-state index contributed by atoms with van der Waals surface area (Å²) in [6.45, 7) is 4.92. The van der Waals surface area contributed by atoms with E-state index in [-0.39, 0.29) is 23.8 Å². The number of nitrogens with one attached hydrogen (secondary N) is 1. The molecule has 2 heterocycles. The first-order chi connectivity index (χ1) is 11.1. The Morgan fingerprint density at radius 1 is 1.35 bits per heavy atom. The molecule has 2 amide bonds. The van der Waals surface area contributed by atoms with Gasteiger partial charge in [-0.3, -0.25) is 9.59 Å². The number of aromatic nitrogens is 1. The predicted octanol–water partition coefficient (Wildman–Crippen LogP) is 3.13. The van der Waals surface area contributed by atoms with Crippen LogP contribution >= 0.6 is 11.3 Å². The van der Waals surface area contributed by atoms with Crippen LogP contribution in [0, 0.1) is 12.8 Å². The number of aryl methyl sites for hydroxylation is 2. The molecule has 0 unspecified atom stereocenters. The predicted molar refractivity (Wildman–Crippen MR) is 91.6 cm³/mol. The van der Waals surface area contributed by atoms with Gasteiger partial charge in [-0.25, -0.2) is 4.98 Å². The van der Waals surface area contributed by atoms with E-state index in [1.807, 2.05) is 11.8 Å². The zero-order chi connectivity index (χ0) is 16.4. The molecule has 2 aliphatic rings. The fourth-order valence-corrected chi connectivity index (χ4v) is 4.72. The first-order valence-electron chi connectivity index (χ1n) is 8.66. The molecule has 23 heavy (non-hydrogen) atoms. The average Bonchev–Trinajstić information content (AvgIpc) is 3.12. The number of carbonyl (C=O) groups is 2. The van der Waals surface area contributed by atoms with Crippen LogP contribution in [0.4, 0.5) is 5.13 Å². The quantitative estimate of drug-likeness (QED) is 0.919. The molecule has 0 spiro atoms. The molecule has 1 N–H and O–H groups in total. The minimum absolute atomic E-state index is 0.0332. The summed E-state index contributed by atoms with van der Waals surface area (Å²) >= 11 is 1.54. The molecule has 1 aliphatic carbocycles. The van der Waals surface area contributed by atoms with Gasteiger partial charge < -0.3 is 10.2 Å². The van der Waals surface area contributed by atoms with Crippen molar-refractivity contribution in [3.05, 3.63) is 10.6 Å². The Hall–Kier alpha value is -1.43. The average molecular weight is 335 g/mol. The van der Waals surface area contributed by atoms with Crippen molar-refractivity contribution in [3.8, 4) is 0 Å². The SMILES string of the molecule is CCc1nc(NC(=O)[C@@H]2CCCC[C@@H]2N2CCCC2=O)sc1C. The van der Waals surface area contributed by atoms with E-state index in [1.54, 1.807) is 11.3 Å². The molecule has 126 valence electrons. The van der Waals surface area contributed by atoms with Gasteiger partial charge in [-0.2, -0.15) is 0 Å². The Bertz CT molecular complexity index is 599. The summed E-state index contributed by atoms with van der Waals surface area (Å²) < 4.78 is 0. The van der Waals surface area contributed by atoms with Gasteiger partial charge in [-0.05, 0) is 32.6 Å². The number of anilines is 1. The molecule has 2 atom stereocenters. The van der Waals surface area contributed by atoms with Gasteiger partial charge in [0.1, 0.15) is 0 Å². The standard InChI is InChI=1S/C17H25N3O2S/c1-3-13-11(2)23-17(18-13)19-16(22)12-7-4-5-8-14(12)20-10-6-9-15(20)21/h12,14H,3-10H2,1-2H3,(H,18,19,22)/t12-,14+/m1/s1. The largest absolute Gasteiger partial charge is 0.339 e. The monoisotopic (exact) mass is 335 g/mol. The van der Waals surface area contributed by atoms with Crippen LogP contribution in [0.1, 0.15) is 56.0 Å². The van der Waals surface area contributed by atoms with Crippen LogP contribution in [-0.2, 0) is 16.0 Å². The molecule has 6 heteroatoms. The zero-order valence-electron chi connectivity index (χ0n) is 13.9. The van der Waals surface area contributed by atoms with Crippen molar-refractivity contribution in [2.75, 3.05) is 11.9 Å². The van der Waals surface area contributed by atoms with Crippen LogP contribution in [-0.4, -0.2) is 34.3 Å². The van der Waals surface area contributed by atoms with Gasteiger partial charge in [0.05, 0.1) is 11.6 Å². The Balaban J connectivity index is 1.71. The highest BCUT2D eigenvalue weighted by atomic mass is 32.1. The molecule has 1 aliphatic heterocycles. The molecular formula is C17H25N3O2S. The normalized spacial score (nSPS) is 25.0. The first-order valence-corrected chi connectivity index (χ1v) is 9.48. The van der Waals surface area contributed by atoms with Gasteiger partial charge in [0, 0.05) is 23.9 Å². The van der Waals surface area contributed by atoms with Crippen molar-refractivity contribution in [1.82, 2.24) is 9.88 Å². The van der Waals surface area contributed by atoms with E-state index >= 15 is 0 Å². The lowest BCUT2D eigenvalue weighted by Crippen LogP contribution is -2.47. The second kappa shape index (κ2) is 6.99. The van der Waals surface area contributed by atoms with Crippen LogP contribution in [0.25, 0.3) is 0 Å². The number of thiazole rings is 1. The van der Waals surface area contributed by atoms with Crippen molar-refractivity contribution >= 4 is 28.3 Å². The number of likely N-dealkylation sites (tertiary alicyclic amines) is 1.